The fraction of sp³-hybridized carbons (Fsp3) is 0.409. The van der Waals surface area contributed by atoms with Gasteiger partial charge in [0.2, 0.25) is 0 Å². The Balaban J connectivity index is 1.91. The number of fused-ring (bicyclic) bond motifs is 1. The molecule has 0 aliphatic carbocycles. The average Bonchev–Trinajstić information content (AvgIpc) is 3.00. The Morgan fingerprint density at radius 3 is 2.46 bits per heavy atom. The molecule has 3 rings (SSSR count). The lowest BCUT2D eigenvalue weighted by molar-refractivity contribution is 0.252. The van der Waals surface area contributed by atoms with E-state index in [0.29, 0.717) is 6.04 Å². The van der Waals surface area contributed by atoms with Gasteiger partial charge in [0.1, 0.15) is 11.4 Å². The molecule has 0 amide bonds. The first kappa shape index (κ1) is 18.5. The van der Waals surface area contributed by atoms with Crippen LogP contribution in [0.15, 0.2) is 42.6 Å². The minimum absolute atomic E-state index is 0.0419. The van der Waals surface area contributed by atoms with Crippen LogP contribution < -0.4 is 4.74 Å². The van der Waals surface area contributed by atoms with Crippen molar-refractivity contribution in [3.8, 4) is 5.75 Å². The third kappa shape index (κ3) is 3.61. The number of rotatable bonds is 5. The van der Waals surface area contributed by atoms with Gasteiger partial charge in [0.25, 0.3) is 0 Å². The van der Waals surface area contributed by atoms with Crippen LogP contribution in [0.2, 0.25) is 0 Å². The van der Waals surface area contributed by atoms with E-state index in [4.69, 9.17) is 4.74 Å². The first-order valence-corrected chi connectivity index (χ1v) is 9.11. The summed E-state index contributed by atoms with van der Waals surface area (Å²) in [5, 5.41) is 1.21. The van der Waals surface area contributed by atoms with Crippen molar-refractivity contribution in [3.63, 3.8) is 0 Å². The Morgan fingerprint density at radius 1 is 1.15 bits per heavy atom. The van der Waals surface area contributed by atoms with Gasteiger partial charge in [-0.15, -0.1) is 0 Å². The second-order valence-electron chi connectivity index (χ2n) is 7.99. The van der Waals surface area contributed by atoms with Gasteiger partial charge >= 0.3 is 0 Å². The molecule has 1 aromatic carbocycles. The highest BCUT2D eigenvalue weighted by atomic mass is 16.5. The largest absolute Gasteiger partial charge is 0.497 e. The number of methoxy groups -OCH3 is 1. The third-order valence-electron chi connectivity index (χ3n) is 5.09. The quantitative estimate of drug-likeness (QED) is 0.698. The molecule has 0 spiro atoms. The van der Waals surface area contributed by atoms with Gasteiger partial charge in [-0.25, -0.2) is 4.98 Å². The van der Waals surface area contributed by atoms with Gasteiger partial charge in [0.05, 0.1) is 7.11 Å². The lowest BCUT2D eigenvalue weighted by Gasteiger charge is -2.27. The van der Waals surface area contributed by atoms with E-state index in [9.17, 15) is 0 Å². The fourth-order valence-electron chi connectivity index (χ4n) is 3.40. The van der Waals surface area contributed by atoms with E-state index in [1.807, 2.05) is 24.4 Å². The van der Waals surface area contributed by atoms with Crippen LogP contribution in [0.25, 0.3) is 11.0 Å². The summed E-state index contributed by atoms with van der Waals surface area (Å²) in [6.07, 6.45) is 1.85. The van der Waals surface area contributed by atoms with E-state index in [2.05, 4.69) is 67.8 Å². The summed E-state index contributed by atoms with van der Waals surface area (Å²) in [5.74, 6) is 0.890. The average molecular weight is 351 g/mol. The number of aromatic nitrogens is 2. The predicted molar refractivity (Wildman–Crippen MR) is 108 cm³/mol. The van der Waals surface area contributed by atoms with Crippen LogP contribution in [-0.4, -0.2) is 29.0 Å². The Kier molecular flexibility index (Phi) is 5.05. The molecule has 138 valence electrons. The maximum absolute atomic E-state index is 5.27. The van der Waals surface area contributed by atoms with Crippen molar-refractivity contribution in [3.05, 3.63) is 59.4 Å². The van der Waals surface area contributed by atoms with Crippen molar-refractivity contribution in [1.29, 1.82) is 0 Å². The molecule has 0 aliphatic heterocycles. The van der Waals surface area contributed by atoms with Crippen LogP contribution in [0.5, 0.6) is 5.75 Å². The van der Waals surface area contributed by atoms with Crippen LogP contribution >= 0.6 is 0 Å². The topological polar surface area (TPSA) is 41.1 Å². The summed E-state index contributed by atoms with van der Waals surface area (Å²) in [4.78, 5) is 10.4. The number of nitrogens with zero attached hydrogens (tertiary/aromatic N) is 2. The minimum atomic E-state index is 0.0419. The third-order valence-corrected chi connectivity index (χ3v) is 5.09. The van der Waals surface area contributed by atoms with E-state index < -0.39 is 0 Å². The van der Waals surface area contributed by atoms with Crippen molar-refractivity contribution in [1.82, 2.24) is 14.9 Å². The number of benzene rings is 1. The maximum Gasteiger partial charge on any atom is 0.137 e. The van der Waals surface area contributed by atoms with Gasteiger partial charge in [-0.2, -0.15) is 0 Å². The van der Waals surface area contributed by atoms with Crippen LogP contribution in [0, 0.1) is 0 Å². The second kappa shape index (κ2) is 7.12. The highest BCUT2D eigenvalue weighted by Crippen LogP contribution is 2.33. The Hall–Kier alpha value is -2.33. The molecule has 0 bridgehead atoms. The molecule has 0 radical (unpaired) electrons. The van der Waals surface area contributed by atoms with E-state index >= 15 is 0 Å². The van der Waals surface area contributed by atoms with Crippen LogP contribution in [-0.2, 0) is 12.0 Å². The lowest BCUT2D eigenvalue weighted by atomic mass is 9.88. The van der Waals surface area contributed by atoms with Gasteiger partial charge in [0, 0.05) is 35.3 Å². The molecule has 1 unspecified atom stereocenters. The Morgan fingerprint density at radius 2 is 1.85 bits per heavy atom. The van der Waals surface area contributed by atoms with Crippen LogP contribution in [0.1, 0.15) is 50.6 Å². The summed E-state index contributed by atoms with van der Waals surface area (Å²) in [6, 6.07) is 12.8. The number of pyridine rings is 1. The fourth-order valence-corrected chi connectivity index (χ4v) is 3.40. The Bertz CT molecular complexity index is 875. The molecule has 2 aromatic heterocycles. The van der Waals surface area contributed by atoms with Gasteiger partial charge in [-0.1, -0.05) is 32.9 Å². The number of hydrogen-bond acceptors (Lipinski definition) is 3. The smallest absolute Gasteiger partial charge is 0.137 e. The van der Waals surface area contributed by atoms with E-state index in [1.54, 1.807) is 7.11 Å². The summed E-state index contributed by atoms with van der Waals surface area (Å²) in [6.45, 7) is 9.84. The number of aromatic amines is 1. The summed E-state index contributed by atoms with van der Waals surface area (Å²) in [5.41, 5.74) is 4.89. The molecule has 0 saturated heterocycles. The summed E-state index contributed by atoms with van der Waals surface area (Å²) in [7, 11) is 3.88. The molecule has 4 heteroatoms. The Labute approximate surface area is 156 Å². The first-order valence-electron chi connectivity index (χ1n) is 9.11. The predicted octanol–water partition coefficient (Wildman–Crippen LogP) is 5.06. The maximum atomic E-state index is 5.27. The molecule has 2 heterocycles. The molecule has 3 aromatic rings. The minimum Gasteiger partial charge on any atom is -0.497 e. The normalized spacial score (nSPS) is 13.3. The van der Waals surface area contributed by atoms with Crippen LogP contribution in [0.3, 0.4) is 0 Å². The molecule has 1 N–H and O–H groups in total. The van der Waals surface area contributed by atoms with E-state index in [1.165, 1.54) is 22.2 Å². The molecule has 1 atom stereocenters. The second-order valence-corrected chi connectivity index (χ2v) is 7.99. The van der Waals surface area contributed by atoms with E-state index in [-0.39, 0.29) is 5.41 Å². The highest BCUT2D eigenvalue weighted by Gasteiger charge is 2.24. The van der Waals surface area contributed by atoms with Crippen molar-refractivity contribution in [2.24, 2.45) is 0 Å². The van der Waals surface area contributed by atoms with Crippen molar-refractivity contribution >= 4 is 11.0 Å². The molecule has 0 saturated carbocycles. The first-order chi connectivity index (χ1) is 12.3. The van der Waals surface area contributed by atoms with Crippen LogP contribution in [0.4, 0.5) is 0 Å². The molecule has 4 nitrogen and oxygen atoms in total. The van der Waals surface area contributed by atoms with Gasteiger partial charge < -0.3 is 9.72 Å². The summed E-state index contributed by atoms with van der Waals surface area (Å²) >= 11 is 0. The van der Waals surface area contributed by atoms with Crippen molar-refractivity contribution < 1.29 is 4.74 Å². The van der Waals surface area contributed by atoms with E-state index in [0.717, 1.165) is 17.9 Å². The van der Waals surface area contributed by atoms with Gasteiger partial charge in [0.15, 0.2) is 0 Å². The molecule has 0 fully saturated rings. The number of ether oxygens (including phenoxy) is 1. The SMILES string of the molecule is COc1ccc(C(C)N(C)Cc2c(C(C)(C)C)[nH]c3ncccc23)cc1. The zero-order valence-electron chi connectivity index (χ0n) is 16.6. The van der Waals surface area contributed by atoms with Crippen molar-refractivity contribution in [2.75, 3.05) is 14.2 Å². The standard InChI is InChI=1S/C22H29N3O/c1-15(16-9-11-17(26-6)12-10-16)25(5)14-19-18-8-7-13-23-21(18)24-20(19)22(2,3)4/h7-13,15H,14H2,1-6H3,(H,23,24). The van der Waals surface area contributed by atoms with Gasteiger partial charge in [-0.05, 0) is 49.4 Å². The summed E-state index contributed by atoms with van der Waals surface area (Å²) < 4.78 is 5.27. The molecule has 0 aliphatic rings. The van der Waals surface area contributed by atoms with Crippen molar-refractivity contribution in [2.45, 2.75) is 45.7 Å². The number of H-pyrrole nitrogens is 1. The monoisotopic (exact) mass is 351 g/mol. The molecular formula is C22H29N3O. The molecule has 26 heavy (non-hydrogen) atoms. The molecular weight excluding hydrogens is 322 g/mol. The zero-order valence-corrected chi connectivity index (χ0v) is 16.6. The number of nitrogens with one attached hydrogen (secondary N) is 1. The zero-order chi connectivity index (χ0) is 18.9. The number of hydrogen-bond donors (Lipinski definition) is 1. The van der Waals surface area contributed by atoms with Gasteiger partial charge in [-0.3, -0.25) is 4.90 Å². The highest BCUT2D eigenvalue weighted by molar-refractivity contribution is 5.81. The lowest BCUT2D eigenvalue weighted by Crippen LogP contribution is -2.24.